The number of hydrogen-bond donors (Lipinski definition) is 1. The number of carbonyl (C=O) groups excluding carboxylic acids is 1. The summed E-state index contributed by atoms with van der Waals surface area (Å²) in [5.74, 6) is 2.91. The number of anilines is 1. The fourth-order valence-corrected chi connectivity index (χ4v) is 4.43. The fraction of sp³-hybridized carbons (Fsp3) is 0.562. The van der Waals surface area contributed by atoms with Gasteiger partial charge in [0.25, 0.3) is 5.91 Å². The summed E-state index contributed by atoms with van der Waals surface area (Å²) in [4.78, 5) is 12.5. The highest BCUT2D eigenvalue weighted by Crippen LogP contribution is 2.27. The van der Waals surface area contributed by atoms with Crippen molar-refractivity contribution in [2.24, 2.45) is 0 Å². The molecule has 0 bridgehead atoms. The van der Waals surface area contributed by atoms with Crippen LogP contribution < -0.4 is 5.32 Å². The zero-order valence-electron chi connectivity index (χ0n) is 13.1. The Morgan fingerprint density at radius 2 is 2.17 bits per heavy atom. The summed E-state index contributed by atoms with van der Waals surface area (Å²) in [6, 6.07) is 2.35. The quantitative estimate of drug-likeness (QED) is 0.939. The van der Waals surface area contributed by atoms with Crippen LogP contribution in [0.25, 0.3) is 0 Å². The molecule has 4 rings (SSSR count). The molecule has 0 saturated carbocycles. The minimum absolute atomic E-state index is 0.0994. The maximum Gasteiger partial charge on any atom is 0.260 e. The average Bonchev–Trinajstić information content (AvgIpc) is 3.22. The number of hydrogen-bond acceptors (Lipinski definition) is 4. The van der Waals surface area contributed by atoms with Crippen molar-refractivity contribution < 1.29 is 4.79 Å². The van der Waals surface area contributed by atoms with E-state index in [4.69, 9.17) is 0 Å². The highest BCUT2D eigenvalue weighted by atomic mass is 32.2. The van der Waals surface area contributed by atoms with E-state index >= 15 is 0 Å². The van der Waals surface area contributed by atoms with E-state index < -0.39 is 0 Å². The fourth-order valence-electron chi connectivity index (χ4n) is 3.35. The van der Waals surface area contributed by atoms with E-state index in [9.17, 15) is 4.79 Å². The van der Waals surface area contributed by atoms with Gasteiger partial charge in [0.2, 0.25) is 0 Å². The van der Waals surface area contributed by atoms with Crippen molar-refractivity contribution in [1.82, 2.24) is 19.6 Å². The number of aromatic nitrogens is 4. The summed E-state index contributed by atoms with van der Waals surface area (Å²) < 4.78 is 3.96. The van der Waals surface area contributed by atoms with Crippen LogP contribution in [-0.2, 0) is 13.0 Å². The standard InChI is InChI=1S/C16H21N5OS/c22-16(13-11-17-21-7-2-1-3-14(13)21)18-15-4-8-20(19-15)12-5-9-23-10-6-12/h4,8,11-12H,1-3,5-7,9-10H2,(H,18,19,22). The van der Waals surface area contributed by atoms with E-state index in [0.29, 0.717) is 17.4 Å². The molecule has 23 heavy (non-hydrogen) atoms. The molecule has 2 aromatic rings. The van der Waals surface area contributed by atoms with Gasteiger partial charge in [-0.1, -0.05) is 0 Å². The lowest BCUT2D eigenvalue weighted by Gasteiger charge is -2.21. The molecule has 0 unspecified atom stereocenters. The summed E-state index contributed by atoms with van der Waals surface area (Å²) in [6.07, 6.45) is 9.15. The molecule has 6 nitrogen and oxygen atoms in total. The van der Waals surface area contributed by atoms with Gasteiger partial charge in [0.1, 0.15) is 0 Å². The first-order valence-electron chi connectivity index (χ1n) is 8.30. The van der Waals surface area contributed by atoms with E-state index in [1.807, 2.05) is 33.4 Å². The van der Waals surface area contributed by atoms with E-state index in [0.717, 1.165) is 44.3 Å². The van der Waals surface area contributed by atoms with Crippen molar-refractivity contribution in [3.63, 3.8) is 0 Å². The molecule has 2 aliphatic rings. The van der Waals surface area contributed by atoms with Gasteiger partial charge in [-0.25, -0.2) is 0 Å². The average molecular weight is 331 g/mol. The first-order valence-corrected chi connectivity index (χ1v) is 9.45. The van der Waals surface area contributed by atoms with Crippen LogP contribution in [0.5, 0.6) is 0 Å². The van der Waals surface area contributed by atoms with E-state index in [1.165, 1.54) is 11.5 Å². The van der Waals surface area contributed by atoms with Crippen molar-refractivity contribution >= 4 is 23.5 Å². The van der Waals surface area contributed by atoms with Crippen LogP contribution in [0.2, 0.25) is 0 Å². The smallest absolute Gasteiger partial charge is 0.260 e. The van der Waals surface area contributed by atoms with Crippen molar-refractivity contribution in [2.45, 2.75) is 44.7 Å². The van der Waals surface area contributed by atoms with Gasteiger partial charge in [0.15, 0.2) is 5.82 Å². The lowest BCUT2D eigenvalue weighted by atomic mass is 10.1. The van der Waals surface area contributed by atoms with Crippen molar-refractivity contribution in [3.05, 3.63) is 29.7 Å². The minimum Gasteiger partial charge on any atom is -0.305 e. The largest absolute Gasteiger partial charge is 0.305 e. The van der Waals surface area contributed by atoms with Crippen LogP contribution in [0, 0.1) is 0 Å². The second-order valence-electron chi connectivity index (χ2n) is 6.16. The lowest BCUT2D eigenvalue weighted by molar-refractivity contribution is 0.102. The van der Waals surface area contributed by atoms with E-state index in [1.54, 1.807) is 6.20 Å². The van der Waals surface area contributed by atoms with Gasteiger partial charge >= 0.3 is 0 Å². The number of nitrogens with zero attached hydrogens (tertiary/aromatic N) is 4. The summed E-state index contributed by atoms with van der Waals surface area (Å²) in [5, 5.41) is 11.8. The van der Waals surface area contributed by atoms with Crippen molar-refractivity contribution in [1.29, 1.82) is 0 Å². The third-order valence-electron chi connectivity index (χ3n) is 4.64. The number of carbonyl (C=O) groups is 1. The van der Waals surface area contributed by atoms with Crippen molar-refractivity contribution in [3.8, 4) is 0 Å². The lowest BCUT2D eigenvalue weighted by Crippen LogP contribution is -2.19. The van der Waals surface area contributed by atoms with E-state index in [2.05, 4.69) is 15.5 Å². The molecule has 0 atom stereocenters. The number of nitrogens with one attached hydrogen (secondary N) is 1. The molecule has 1 amide bonds. The first-order chi connectivity index (χ1) is 11.3. The maximum absolute atomic E-state index is 12.5. The maximum atomic E-state index is 12.5. The molecule has 1 saturated heterocycles. The predicted octanol–water partition coefficient (Wildman–Crippen LogP) is 2.74. The number of rotatable bonds is 3. The SMILES string of the molecule is O=C(Nc1ccn(C2CCSCC2)n1)c1cnn2c1CCCC2. The number of aryl methyl sites for hydroxylation is 1. The molecule has 0 radical (unpaired) electrons. The first kappa shape index (κ1) is 14.8. The number of fused-ring (bicyclic) bond motifs is 1. The Kier molecular flexibility index (Phi) is 4.11. The van der Waals surface area contributed by atoms with E-state index in [-0.39, 0.29) is 5.91 Å². The highest BCUT2D eigenvalue weighted by molar-refractivity contribution is 7.99. The molecule has 122 valence electrons. The number of thioether (sulfide) groups is 1. The molecule has 1 N–H and O–H groups in total. The summed E-state index contributed by atoms with van der Waals surface area (Å²) in [5.41, 5.74) is 1.74. The Morgan fingerprint density at radius 3 is 3.04 bits per heavy atom. The van der Waals surface area contributed by atoms with Gasteiger partial charge in [-0.3, -0.25) is 14.2 Å². The second kappa shape index (κ2) is 6.39. The molecule has 7 heteroatoms. The monoisotopic (exact) mass is 331 g/mol. The minimum atomic E-state index is -0.0994. The summed E-state index contributed by atoms with van der Waals surface area (Å²) >= 11 is 2.00. The Labute approximate surface area is 139 Å². The zero-order valence-corrected chi connectivity index (χ0v) is 13.9. The molecule has 4 heterocycles. The van der Waals surface area contributed by atoms with Crippen LogP contribution in [0.15, 0.2) is 18.5 Å². The van der Waals surface area contributed by atoms with Gasteiger partial charge in [0.05, 0.1) is 23.5 Å². The molecule has 0 aromatic carbocycles. The highest BCUT2D eigenvalue weighted by Gasteiger charge is 2.21. The van der Waals surface area contributed by atoms with Crippen LogP contribution in [0.3, 0.4) is 0 Å². The van der Waals surface area contributed by atoms with Crippen molar-refractivity contribution in [2.75, 3.05) is 16.8 Å². The molecule has 2 aromatic heterocycles. The van der Waals surface area contributed by atoms with Gasteiger partial charge in [-0.05, 0) is 43.6 Å². The molecular formula is C16H21N5OS. The normalized spacial score (nSPS) is 18.6. The van der Waals surface area contributed by atoms with Gasteiger partial charge < -0.3 is 5.32 Å². The molecule has 2 aliphatic heterocycles. The van der Waals surface area contributed by atoms with Gasteiger partial charge in [-0.2, -0.15) is 22.0 Å². The Balaban J connectivity index is 1.46. The summed E-state index contributed by atoms with van der Waals surface area (Å²) in [6.45, 7) is 0.914. The molecule has 0 spiro atoms. The Bertz CT molecular complexity index is 701. The second-order valence-corrected chi connectivity index (χ2v) is 7.39. The van der Waals surface area contributed by atoms with Crippen LogP contribution in [0.1, 0.15) is 47.8 Å². The Morgan fingerprint density at radius 1 is 1.30 bits per heavy atom. The number of amides is 1. The van der Waals surface area contributed by atoms with Crippen LogP contribution >= 0.6 is 11.8 Å². The van der Waals surface area contributed by atoms with Crippen LogP contribution in [-0.4, -0.2) is 37.0 Å². The topological polar surface area (TPSA) is 64.7 Å². The zero-order chi connectivity index (χ0) is 15.6. The Hall–Kier alpha value is -1.76. The molecule has 1 fully saturated rings. The third kappa shape index (κ3) is 3.02. The summed E-state index contributed by atoms with van der Waals surface area (Å²) in [7, 11) is 0. The van der Waals surface area contributed by atoms with Crippen LogP contribution in [0.4, 0.5) is 5.82 Å². The predicted molar refractivity (Wildman–Crippen MR) is 90.9 cm³/mol. The van der Waals surface area contributed by atoms with Gasteiger partial charge in [-0.15, -0.1) is 0 Å². The van der Waals surface area contributed by atoms with Gasteiger partial charge in [0, 0.05) is 18.8 Å². The molecule has 0 aliphatic carbocycles. The molecular weight excluding hydrogens is 310 g/mol. The third-order valence-corrected chi connectivity index (χ3v) is 5.69.